The highest BCUT2D eigenvalue weighted by Crippen LogP contribution is 2.15. The van der Waals surface area contributed by atoms with E-state index in [1.807, 2.05) is 0 Å². The Balaban J connectivity index is 4.67. The predicted molar refractivity (Wildman–Crippen MR) is 37.1 cm³/mol. The highest BCUT2D eigenvalue weighted by atomic mass is 79.9. The molecule has 0 aromatic carbocycles. The van der Waals surface area contributed by atoms with Crippen molar-refractivity contribution in [3.8, 4) is 0 Å². The molecular weight excluding hydrogens is 227 g/mol. The molecule has 0 saturated heterocycles. The van der Waals surface area contributed by atoms with Crippen molar-refractivity contribution in [3.63, 3.8) is 0 Å². The zero-order valence-corrected chi connectivity index (χ0v) is 6.81. The fourth-order valence-corrected chi connectivity index (χ4v) is 0.438. The van der Waals surface area contributed by atoms with Crippen molar-refractivity contribution < 1.29 is 19.8 Å². The summed E-state index contributed by atoms with van der Waals surface area (Å²) in [4.78, 5) is 20.0. The molecular formula is C4H2BrClO4. The second-order valence-electron chi connectivity index (χ2n) is 1.24. The molecule has 0 aliphatic heterocycles. The molecule has 0 bridgehead atoms. The Morgan fingerprint density at radius 3 is 1.70 bits per heavy atom. The molecule has 0 rings (SSSR count). The molecule has 6 heteroatoms. The lowest BCUT2D eigenvalue weighted by molar-refractivity contribution is -0.134. The number of carboxylic acids is 2. The van der Waals surface area contributed by atoms with E-state index in [0.717, 1.165) is 0 Å². The Labute approximate surface area is 69.2 Å². The van der Waals surface area contributed by atoms with Gasteiger partial charge in [0.05, 0.1) is 0 Å². The van der Waals surface area contributed by atoms with Gasteiger partial charge in [0.25, 0.3) is 0 Å². The summed E-state index contributed by atoms with van der Waals surface area (Å²) in [6, 6.07) is 0. The Bertz CT molecular complexity index is 187. The van der Waals surface area contributed by atoms with E-state index in [1.54, 1.807) is 0 Å². The maximum absolute atomic E-state index is 9.99. The van der Waals surface area contributed by atoms with Crippen LogP contribution >= 0.6 is 27.5 Å². The van der Waals surface area contributed by atoms with Gasteiger partial charge in [-0.2, -0.15) is 0 Å². The molecule has 4 nitrogen and oxygen atoms in total. The minimum atomic E-state index is -1.48. The van der Waals surface area contributed by atoms with Crippen LogP contribution < -0.4 is 0 Å². The third-order valence-electron chi connectivity index (χ3n) is 0.568. The van der Waals surface area contributed by atoms with E-state index in [2.05, 4.69) is 15.9 Å². The van der Waals surface area contributed by atoms with E-state index in [1.165, 1.54) is 0 Å². The summed E-state index contributed by atoms with van der Waals surface area (Å²) in [5.74, 6) is -2.89. The Hall–Kier alpha value is -0.550. The smallest absolute Gasteiger partial charge is 0.348 e. The maximum atomic E-state index is 9.99. The molecule has 0 atom stereocenters. The van der Waals surface area contributed by atoms with Gasteiger partial charge in [-0.1, -0.05) is 11.6 Å². The van der Waals surface area contributed by atoms with Gasteiger partial charge in [-0.3, -0.25) is 0 Å². The van der Waals surface area contributed by atoms with Crippen LogP contribution in [-0.2, 0) is 9.59 Å². The number of hydrogen-bond acceptors (Lipinski definition) is 2. The van der Waals surface area contributed by atoms with Crippen molar-refractivity contribution in [1.82, 2.24) is 0 Å². The van der Waals surface area contributed by atoms with Crippen LogP contribution in [0, 0.1) is 0 Å². The van der Waals surface area contributed by atoms with E-state index >= 15 is 0 Å². The van der Waals surface area contributed by atoms with E-state index in [4.69, 9.17) is 21.8 Å². The fraction of sp³-hybridized carbons (Fsp3) is 0. The van der Waals surface area contributed by atoms with Gasteiger partial charge in [0.2, 0.25) is 0 Å². The van der Waals surface area contributed by atoms with Crippen molar-refractivity contribution in [2.24, 2.45) is 0 Å². The van der Waals surface area contributed by atoms with Crippen LogP contribution in [0.4, 0.5) is 0 Å². The average molecular weight is 229 g/mol. The number of carbonyl (C=O) groups is 2. The van der Waals surface area contributed by atoms with Gasteiger partial charge in [0.1, 0.15) is 9.51 Å². The largest absolute Gasteiger partial charge is 0.477 e. The summed E-state index contributed by atoms with van der Waals surface area (Å²) in [6.45, 7) is 0. The Morgan fingerprint density at radius 2 is 1.60 bits per heavy atom. The molecule has 0 aromatic heterocycles. The quantitative estimate of drug-likeness (QED) is 0.693. The van der Waals surface area contributed by atoms with E-state index < -0.39 is 21.5 Å². The third kappa shape index (κ3) is 2.36. The number of carboxylic acid groups (broad SMARTS) is 2. The Morgan fingerprint density at radius 1 is 1.20 bits per heavy atom. The van der Waals surface area contributed by atoms with E-state index in [9.17, 15) is 9.59 Å². The van der Waals surface area contributed by atoms with Crippen molar-refractivity contribution >= 4 is 39.5 Å². The molecule has 0 aromatic rings. The summed E-state index contributed by atoms with van der Waals surface area (Å²) in [6.07, 6.45) is 0. The summed E-state index contributed by atoms with van der Waals surface area (Å²) in [5, 5.41) is 15.5. The normalized spacial score (nSPS) is 12.2. The zero-order chi connectivity index (χ0) is 8.31. The predicted octanol–water partition coefficient (Wildman–Crippen LogP) is 1.00. The summed E-state index contributed by atoms with van der Waals surface area (Å²) in [7, 11) is 0. The van der Waals surface area contributed by atoms with Gasteiger partial charge in [-0.05, 0) is 15.9 Å². The Kier molecular flexibility index (Phi) is 3.38. The van der Waals surface area contributed by atoms with Gasteiger partial charge in [-0.25, -0.2) is 9.59 Å². The second kappa shape index (κ2) is 3.58. The number of hydrogen-bond donors (Lipinski definition) is 2. The maximum Gasteiger partial charge on any atom is 0.348 e. The first-order valence-corrected chi connectivity index (χ1v) is 3.15. The van der Waals surface area contributed by atoms with Crippen LogP contribution in [-0.4, -0.2) is 22.2 Å². The molecule has 2 N–H and O–H groups in total. The lowest BCUT2D eigenvalue weighted by Gasteiger charge is -1.91. The highest BCUT2D eigenvalue weighted by Gasteiger charge is 2.14. The lowest BCUT2D eigenvalue weighted by atomic mass is 10.5. The second-order valence-corrected chi connectivity index (χ2v) is 2.41. The van der Waals surface area contributed by atoms with Gasteiger partial charge in [-0.15, -0.1) is 0 Å². The average Bonchev–Trinajstić information content (AvgIpc) is 1.84. The summed E-state index contributed by atoms with van der Waals surface area (Å²) >= 11 is 7.49. The monoisotopic (exact) mass is 228 g/mol. The first-order valence-electron chi connectivity index (χ1n) is 1.98. The van der Waals surface area contributed by atoms with Crippen LogP contribution in [0.25, 0.3) is 0 Å². The van der Waals surface area contributed by atoms with Crippen molar-refractivity contribution in [2.75, 3.05) is 0 Å². The summed E-state index contributed by atoms with van der Waals surface area (Å²) in [5.41, 5.74) is 0. The molecule has 0 unspecified atom stereocenters. The van der Waals surface area contributed by atoms with Crippen LogP contribution in [0.3, 0.4) is 0 Å². The van der Waals surface area contributed by atoms with Gasteiger partial charge < -0.3 is 10.2 Å². The van der Waals surface area contributed by atoms with Crippen molar-refractivity contribution in [3.05, 3.63) is 9.51 Å². The van der Waals surface area contributed by atoms with Crippen LogP contribution in [0.1, 0.15) is 0 Å². The molecule has 0 radical (unpaired) electrons. The highest BCUT2D eigenvalue weighted by molar-refractivity contribution is 9.12. The zero-order valence-electron chi connectivity index (χ0n) is 4.47. The van der Waals surface area contributed by atoms with E-state index in [-0.39, 0.29) is 0 Å². The molecule has 0 spiro atoms. The third-order valence-corrected chi connectivity index (χ3v) is 1.88. The molecule has 0 fully saturated rings. The molecule has 0 heterocycles. The first kappa shape index (κ1) is 9.45. The van der Waals surface area contributed by atoms with Gasteiger partial charge in [0, 0.05) is 0 Å². The van der Waals surface area contributed by atoms with Crippen LogP contribution in [0.5, 0.6) is 0 Å². The number of rotatable bonds is 2. The molecule has 10 heavy (non-hydrogen) atoms. The SMILES string of the molecule is O=C(O)/C(Cl)=C(/Br)C(=O)O. The molecule has 0 aliphatic carbocycles. The standard InChI is InChI=1S/C4H2BrClO4/c5-1(3(7)8)2(6)4(9)10/h(H,7,8)(H,9,10)/b2-1-. The van der Waals surface area contributed by atoms with E-state index in [0.29, 0.717) is 0 Å². The minimum absolute atomic E-state index is 0.554. The number of halogens is 2. The van der Waals surface area contributed by atoms with Crippen LogP contribution in [0.2, 0.25) is 0 Å². The van der Waals surface area contributed by atoms with Gasteiger partial charge >= 0.3 is 11.9 Å². The molecule has 0 amide bonds. The van der Waals surface area contributed by atoms with Crippen molar-refractivity contribution in [2.45, 2.75) is 0 Å². The lowest BCUT2D eigenvalue weighted by Crippen LogP contribution is -2.02. The molecule has 0 saturated carbocycles. The fourth-order valence-electron chi connectivity index (χ4n) is 0.188. The molecule has 0 aliphatic rings. The van der Waals surface area contributed by atoms with Gasteiger partial charge in [0.15, 0.2) is 0 Å². The first-order chi connectivity index (χ1) is 4.46. The number of aliphatic carboxylic acids is 2. The summed E-state index contributed by atoms with van der Waals surface area (Å²) < 4.78 is -0.554. The minimum Gasteiger partial charge on any atom is -0.477 e. The van der Waals surface area contributed by atoms with Crippen molar-refractivity contribution in [1.29, 1.82) is 0 Å². The van der Waals surface area contributed by atoms with Crippen LogP contribution in [0.15, 0.2) is 9.51 Å². The molecule has 56 valence electrons. The topological polar surface area (TPSA) is 74.6 Å².